The summed E-state index contributed by atoms with van der Waals surface area (Å²) in [6, 6.07) is 16.8. The predicted molar refractivity (Wildman–Crippen MR) is 121 cm³/mol. The summed E-state index contributed by atoms with van der Waals surface area (Å²) in [7, 11) is 0. The second-order valence-electron chi connectivity index (χ2n) is 6.88. The summed E-state index contributed by atoms with van der Waals surface area (Å²) in [5, 5.41) is 14.1. The SMILES string of the molecule is Cc1ccc(N(C=O)c2ccc([N+](=O)[O-])cc2)cc1Nc1nccc(-c2cccnc2)n1. The van der Waals surface area contributed by atoms with Crippen molar-refractivity contribution in [3.8, 4) is 11.3 Å². The summed E-state index contributed by atoms with van der Waals surface area (Å²) in [5.41, 5.74) is 4.30. The van der Waals surface area contributed by atoms with Crippen LogP contribution in [-0.4, -0.2) is 26.3 Å². The van der Waals surface area contributed by atoms with E-state index < -0.39 is 4.92 Å². The maximum atomic E-state index is 11.8. The molecule has 2 aromatic heterocycles. The number of carbonyl (C=O) groups is 1. The Morgan fingerprint density at radius 3 is 2.50 bits per heavy atom. The lowest BCUT2D eigenvalue weighted by molar-refractivity contribution is -0.384. The number of nitro groups is 1. The lowest BCUT2D eigenvalue weighted by atomic mass is 10.1. The fourth-order valence-corrected chi connectivity index (χ4v) is 3.11. The number of hydrogen-bond acceptors (Lipinski definition) is 7. The first-order chi connectivity index (χ1) is 15.5. The molecule has 32 heavy (non-hydrogen) atoms. The fraction of sp³-hybridized carbons (Fsp3) is 0.0435. The van der Waals surface area contributed by atoms with Crippen molar-refractivity contribution in [3.05, 3.63) is 94.9 Å². The standard InChI is InChI=1S/C23H18N6O3/c1-16-4-5-20(28(15-30)18-6-8-19(9-7-18)29(31)32)13-22(16)27-23-25-12-10-21(26-23)17-3-2-11-24-14-17/h2-15H,1H3,(H,25,26,27). The van der Waals surface area contributed by atoms with Crippen LogP contribution in [0.4, 0.5) is 28.7 Å². The number of benzene rings is 2. The molecule has 9 heteroatoms. The highest BCUT2D eigenvalue weighted by atomic mass is 16.6. The minimum absolute atomic E-state index is 0.0449. The van der Waals surface area contributed by atoms with Crippen LogP contribution < -0.4 is 10.2 Å². The molecule has 9 nitrogen and oxygen atoms in total. The van der Waals surface area contributed by atoms with Crippen LogP contribution in [0.25, 0.3) is 11.3 Å². The van der Waals surface area contributed by atoms with Gasteiger partial charge in [0.15, 0.2) is 0 Å². The summed E-state index contributed by atoms with van der Waals surface area (Å²) in [6.07, 6.45) is 5.74. The minimum Gasteiger partial charge on any atom is -0.324 e. The highest BCUT2D eigenvalue weighted by Gasteiger charge is 2.13. The molecule has 1 N–H and O–H groups in total. The van der Waals surface area contributed by atoms with E-state index in [1.165, 1.54) is 29.2 Å². The first-order valence-corrected chi connectivity index (χ1v) is 9.65. The van der Waals surface area contributed by atoms with Gasteiger partial charge in [-0.15, -0.1) is 0 Å². The van der Waals surface area contributed by atoms with E-state index in [9.17, 15) is 14.9 Å². The summed E-state index contributed by atoms with van der Waals surface area (Å²) in [6.45, 7) is 1.92. The summed E-state index contributed by atoms with van der Waals surface area (Å²) >= 11 is 0. The van der Waals surface area contributed by atoms with E-state index in [0.29, 0.717) is 23.7 Å². The van der Waals surface area contributed by atoms with E-state index in [1.54, 1.807) is 36.8 Å². The average Bonchev–Trinajstić information content (AvgIpc) is 2.82. The van der Waals surface area contributed by atoms with E-state index in [2.05, 4.69) is 20.3 Å². The Hall–Kier alpha value is -4.66. The molecular weight excluding hydrogens is 408 g/mol. The summed E-state index contributed by atoms with van der Waals surface area (Å²) in [4.78, 5) is 36.6. The first-order valence-electron chi connectivity index (χ1n) is 9.65. The largest absolute Gasteiger partial charge is 0.324 e. The predicted octanol–water partition coefficient (Wildman–Crippen LogP) is 4.79. The molecule has 2 heterocycles. The Bertz CT molecular complexity index is 1260. The van der Waals surface area contributed by atoms with Crippen LogP contribution >= 0.6 is 0 Å². The highest BCUT2D eigenvalue weighted by molar-refractivity contribution is 5.88. The number of nitrogens with one attached hydrogen (secondary N) is 1. The van der Waals surface area contributed by atoms with Gasteiger partial charge in [0.25, 0.3) is 5.69 Å². The van der Waals surface area contributed by atoms with Gasteiger partial charge in [0, 0.05) is 47.7 Å². The number of hydrogen-bond donors (Lipinski definition) is 1. The number of anilines is 4. The second-order valence-corrected chi connectivity index (χ2v) is 6.88. The van der Waals surface area contributed by atoms with Gasteiger partial charge in [-0.25, -0.2) is 9.97 Å². The van der Waals surface area contributed by atoms with Crippen molar-refractivity contribution in [1.29, 1.82) is 0 Å². The molecule has 0 aliphatic carbocycles. The van der Waals surface area contributed by atoms with E-state index in [1.807, 2.05) is 25.1 Å². The lowest BCUT2D eigenvalue weighted by Gasteiger charge is -2.19. The molecule has 0 radical (unpaired) electrons. The zero-order chi connectivity index (χ0) is 22.5. The van der Waals surface area contributed by atoms with Crippen LogP contribution in [0.3, 0.4) is 0 Å². The number of rotatable bonds is 7. The zero-order valence-electron chi connectivity index (χ0n) is 17.0. The molecule has 0 aliphatic heterocycles. The number of pyridine rings is 1. The lowest BCUT2D eigenvalue weighted by Crippen LogP contribution is -2.14. The van der Waals surface area contributed by atoms with Crippen molar-refractivity contribution < 1.29 is 9.72 Å². The van der Waals surface area contributed by atoms with Crippen LogP contribution in [0.1, 0.15) is 5.56 Å². The van der Waals surface area contributed by atoms with Crippen molar-refractivity contribution >= 4 is 35.1 Å². The van der Waals surface area contributed by atoms with E-state index >= 15 is 0 Å². The molecule has 4 rings (SSSR count). The monoisotopic (exact) mass is 426 g/mol. The smallest absolute Gasteiger partial charge is 0.269 e. The summed E-state index contributed by atoms with van der Waals surface area (Å²) in [5.74, 6) is 0.402. The Kier molecular flexibility index (Phi) is 5.80. The quantitative estimate of drug-likeness (QED) is 0.257. The topological polar surface area (TPSA) is 114 Å². The van der Waals surface area contributed by atoms with Gasteiger partial charge in [0.2, 0.25) is 12.4 Å². The van der Waals surface area contributed by atoms with Crippen LogP contribution in [0.2, 0.25) is 0 Å². The molecule has 1 amide bonds. The van der Waals surface area contributed by atoms with Crippen molar-refractivity contribution in [2.24, 2.45) is 0 Å². The van der Waals surface area contributed by atoms with Gasteiger partial charge in [-0.2, -0.15) is 0 Å². The molecule has 0 bridgehead atoms. The molecule has 0 saturated carbocycles. The number of aromatic nitrogens is 3. The fourth-order valence-electron chi connectivity index (χ4n) is 3.11. The molecular formula is C23H18N6O3. The van der Waals surface area contributed by atoms with Crippen LogP contribution in [0.5, 0.6) is 0 Å². The van der Waals surface area contributed by atoms with Crippen molar-refractivity contribution in [3.63, 3.8) is 0 Å². The molecule has 0 unspecified atom stereocenters. The third kappa shape index (κ3) is 4.41. The molecule has 4 aromatic rings. The van der Waals surface area contributed by atoms with Crippen molar-refractivity contribution in [2.75, 3.05) is 10.2 Å². The number of nitrogens with zero attached hydrogens (tertiary/aromatic N) is 5. The van der Waals surface area contributed by atoms with Crippen LogP contribution in [-0.2, 0) is 4.79 Å². The van der Waals surface area contributed by atoms with Gasteiger partial charge in [-0.05, 0) is 55.0 Å². The second kappa shape index (κ2) is 9.00. The molecule has 2 aromatic carbocycles. The van der Waals surface area contributed by atoms with Gasteiger partial charge in [-0.1, -0.05) is 6.07 Å². The zero-order valence-corrected chi connectivity index (χ0v) is 17.0. The number of aryl methyl sites for hydroxylation is 1. The van der Waals surface area contributed by atoms with E-state index in [0.717, 1.165) is 22.5 Å². The Labute approximate surface area is 183 Å². The first kappa shape index (κ1) is 20.6. The Morgan fingerprint density at radius 1 is 1.03 bits per heavy atom. The van der Waals surface area contributed by atoms with Gasteiger partial charge >= 0.3 is 0 Å². The third-order valence-electron chi connectivity index (χ3n) is 4.80. The highest BCUT2D eigenvalue weighted by Crippen LogP contribution is 2.30. The molecule has 0 saturated heterocycles. The van der Waals surface area contributed by atoms with Gasteiger partial charge in [-0.3, -0.25) is 24.8 Å². The minimum atomic E-state index is -0.484. The maximum Gasteiger partial charge on any atom is 0.269 e. The Balaban J connectivity index is 1.63. The number of amides is 1. The van der Waals surface area contributed by atoms with Gasteiger partial charge in [0.1, 0.15) is 0 Å². The average molecular weight is 426 g/mol. The molecule has 0 fully saturated rings. The Morgan fingerprint density at radius 2 is 1.81 bits per heavy atom. The van der Waals surface area contributed by atoms with Crippen LogP contribution in [0, 0.1) is 17.0 Å². The van der Waals surface area contributed by atoms with Gasteiger partial charge < -0.3 is 5.32 Å². The summed E-state index contributed by atoms with van der Waals surface area (Å²) < 4.78 is 0. The van der Waals surface area contributed by atoms with Crippen molar-refractivity contribution in [2.45, 2.75) is 6.92 Å². The number of non-ortho nitro benzene ring substituents is 1. The van der Waals surface area contributed by atoms with Gasteiger partial charge in [0.05, 0.1) is 16.3 Å². The normalized spacial score (nSPS) is 10.4. The number of carbonyl (C=O) groups excluding carboxylic acids is 1. The van der Waals surface area contributed by atoms with Crippen LogP contribution in [0.15, 0.2) is 79.3 Å². The van der Waals surface area contributed by atoms with Crippen molar-refractivity contribution in [1.82, 2.24) is 15.0 Å². The third-order valence-corrected chi connectivity index (χ3v) is 4.80. The maximum absolute atomic E-state index is 11.8. The molecule has 158 valence electrons. The van der Waals surface area contributed by atoms with E-state index in [4.69, 9.17) is 0 Å². The molecule has 0 aliphatic rings. The molecule has 0 spiro atoms. The molecule has 0 atom stereocenters. The van der Waals surface area contributed by atoms with E-state index in [-0.39, 0.29) is 5.69 Å². The number of nitro benzene ring substituents is 1.